The van der Waals surface area contributed by atoms with Gasteiger partial charge in [-0.1, -0.05) is 0 Å². The van der Waals surface area contributed by atoms with Gasteiger partial charge in [0.25, 0.3) is 0 Å². The summed E-state index contributed by atoms with van der Waals surface area (Å²) in [5, 5.41) is 2.06. The predicted molar refractivity (Wildman–Crippen MR) is 54.8 cm³/mol. The Morgan fingerprint density at radius 1 is 1.14 bits per heavy atom. The second kappa shape index (κ2) is 3.54. The van der Waals surface area contributed by atoms with E-state index in [4.69, 9.17) is 9.47 Å². The maximum absolute atomic E-state index is 5.25. The van der Waals surface area contributed by atoms with Crippen molar-refractivity contribution in [3.05, 3.63) is 30.6 Å². The van der Waals surface area contributed by atoms with E-state index in [-0.39, 0.29) is 0 Å². The largest absolute Gasteiger partial charge is 0.497 e. The third-order valence-corrected chi connectivity index (χ3v) is 2.15. The van der Waals surface area contributed by atoms with E-state index in [0.717, 1.165) is 22.3 Å². The number of benzene rings is 1. The Morgan fingerprint density at radius 2 is 2.00 bits per heavy atom. The minimum Gasteiger partial charge on any atom is -0.497 e. The molecule has 3 nitrogen and oxygen atoms in total. The molecule has 0 aliphatic heterocycles. The Bertz CT molecular complexity index is 454. The quantitative estimate of drug-likeness (QED) is 0.726. The van der Waals surface area contributed by atoms with Crippen molar-refractivity contribution in [1.82, 2.24) is 4.98 Å². The van der Waals surface area contributed by atoms with Crippen molar-refractivity contribution in [2.24, 2.45) is 0 Å². The monoisotopic (exact) mass is 189 g/mol. The second-order valence-electron chi connectivity index (χ2n) is 2.93. The van der Waals surface area contributed by atoms with Crippen molar-refractivity contribution in [2.45, 2.75) is 0 Å². The molecule has 0 radical (unpaired) electrons. The standard InChI is InChI=1S/C11H11NO2/c1-13-9-5-8-3-4-12-7-10(8)11(6-9)14-2/h3-7H,1-2H3. The van der Waals surface area contributed by atoms with Gasteiger partial charge in [0.05, 0.1) is 14.2 Å². The van der Waals surface area contributed by atoms with Crippen LogP contribution in [0.25, 0.3) is 10.8 Å². The molecule has 0 aliphatic rings. The van der Waals surface area contributed by atoms with Crippen molar-refractivity contribution in [3.63, 3.8) is 0 Å². The minimum absolute atomic E-state index is 0.785. The molecule has 0 saturated heterocycles. The van der Waals surface area contributed by atoms with E-state index >= 15 is 0 Å². The fourth-order valence-electron chi connectivity index (χ4n) is 1.43. The van der Waals surface area contributed by atoms with Crippen molar-refractivity contribution in [3.8, 4) is 11.5 Å². The van der Waals surface area contributed by atoms with Crippen LogP contribution in [0.3, 0.4) is 0 Å². The molecule has 0 spiro atoms. The number of aromatic nitrogens is 1. The molecule has 0 atom stereocenters. The van der Waals surface area contributed by atoms with E-state index < -0.39 is 0 Å². The number of nitrogens with zero attached hydrogens (tertiary/aromatic N) is 1. The molecule has 14 heavy (non-hydrogen) atoms. The lowest BCUT2D eigenvalue weighted by Gasteiger charge is -2.07. The van der Waals surface area contributed by atoms with Crippen molar-refractivity contribution in [1.29, 1.82) is 0 Å². The maximum atomic E-state index is 5.25. The van der Waals surface area contributed by atoms with Crippen LogP contribution >= 0.6 is 0 Å². The Kier molecular flexibility index (Phi) is 2.23. The number of hydrogen-bond donors (Lipinski definition) is 0. The lowest BCUT2D eigenvalue weighted by Crippen LogP contribution is -1.89. The van der Waals surface area contributed by atoms with Crippen LogP contribution in [-0.4, -0.2) is 19.2 Å². The summed E-state index contributed by atoms with van der Waals surface area (Å²) >= 11 is 0. The van der Waals surface area contributed by atoms with Gasteiger partial charge in [-0.2, -0.15) is 0 Å². The highest BCUT2D eigenvalue weighted by Crippen LogP contribution is 2.29. The van der Waals surface area contributed by atoms with Crippen LogP contribution in [0, 0.1) is 0 Å². The first-order chi connectivity index (χ1) is 6.85. The third kappa shape index (κ3) is 1.37. The first kappa shape index (κ1) is 8.81. The lowest BCUT2D eigenvalue weighted by atomic mass is 10.1. The van der Waals surface area contributed by atoms with Gasteiger partial charge in [0, 0.05) is 23.8 Å². The summed E-state index contributed by atoms with van der Waals surface area (Å²) in [7, 11) is 3.28. The summed E-state index contributed by atoms with van der Waals surface area (Å²) in [4.78, 5) is 4.06. The normalized spacial score (nSPS) is 10.1. The van der Waals surface area contributed by atoms with Gasteiger partial charge in [-0.25, -0.2) is 0 Å². The molecule has 0 unspecified atom stereocenters. The molecule has 1 aromatic heterocycles. The fourth-order valence-corrected chi connectivity index (χ4v) is 1.43. The summed E-state index contributed by atoms with van der Waals surface area (Å²) in [5.74, 6) is 1.58. The molecular weight excluding hydrogens is 178 g/mol. The van der Waals surface area contributed by atoms with Crippen LogP contribution in [0.5, 0.6) is 11.5 Å². The maximum Gasteiger partial charge on any atom is 0.131 e. The molecule has 1 heterocycles. The average molecular weight is 189 g/mol. The average Bonchev–Trinajstić information content (AvgIpc) is 2.27. The van der Waals surface area contributed by atoms with Gasteiger partial charge >= 0.3 is 0 Å². The molecular formula is C11H11NO2. The topological polar surface area (TPSA) is 31.4 Å². The molecule has 0 fully saturated rings. The van der Waals surface area contributed by atoms with Crippen LogP contribution in [0.15, 0.2) is 30.6 Å². The zero-order valence-corrected chi connectivity index (χ0v) is 8.15. The minimum atomic E-state index is 0.785. The van der Waals surface area contributed by atoms with Gasteiger partial charge in [-0.05, 0) is 17.5 Å². The molecule has 0 saturated carbocycles. The molecule has 2 aromatic rings. The first-order valence-electron chi connectivity index (χ1n) is 4.31. The summed E-state index contributed by atoms with van der Waals surface area (Å²) in [6.07, 6.45) is 3.54. The number of methoxy groups -OCH3 is 2. The summed E-state index contributed by atoms with van der Waals surface area (Å²) in [6.45, 7) is 0. The number of fused-ring (bicyclic) bond motifs is 1. The van der Waals surface area contributed by atoms with Crippen LogP contribution in [0.4, 0.5) is 0 Å². The highest BCUT2D eigenvalue weighted by Gasteiger charge is 2.03. The number of hydrogen-bond acceptors (Lipinski definition) is 3. The van der Waals surface area contributed by atoms with Crippen molar-refractivity contribution in [2.75, 3.05) is 14.2 Å². The van der Waals surface area contributed by atoms with Crippen molar-refractivity contribution < 1.29 is 9.47 Å². The van der Waals surface area contributed by atoms with E-state index in [0.29, 0.717) is 0 Å². The van der Waals surface area contributed by atoms with Gasteiger partial charge in [0.15, 0.2) is 0 Å². The van der Waals surface area contributed by atoms with Crippen LogP contribution in [0.2, 0.25) is 0 Å². The van der Waals surface area contributed by atoms with Gasteiger partial charge in [0.1, 0.15) is 11.5 Å². The smallest absolute Gasteiger partial charge is 0.131 e. The Balaban J connectivity index is 2.73. The first-order valence-corrected chi connectivity index (χ1v) is 4.31. The fraction of sp³-hybridized carbons (Fsp3) is 0.182. The molecule has 2 rings (SSSR count). The molecule has 3 heteroatoms. The van der Waals surface area contributed by atoms with E-state index in [1.165, 1.54) is 0 Å². The number of rotatable bonds is 2. The van der Waals surface area contributed by atoms with E-state index in [2.05, 4.69) is 4.98 Å². The molecule has 0 aliphatic carbocycles. The van der Waals surface area contributed by atoms with Crippen molar-refractivity contribution >= 4 is 10.8 Å². The molecule has 72 valence electrons. The number of ether oxygens (including phenoxy) is 2. The Morgan fingerprint density at radius 3 is 2.71 bits per heavy atom. The SMILES string of the molecule is COc1cc(OC)c2cnccc2c1. The van der Waals surface area contributed by atoms with E-state index in [1.807, 2.05) is 18.2 Å². The zero-order chi connectivity index (χ0) is 9.97. The van der Waals surface area contributed by atoms with E-state index in [9.17, 15) is 0 Å². The van der Waals surface area contributed by atoms with Crippen LogP contribution < -0.4 is 9.47 Å². The molecule has 0 N–H and O–H groups in total. The van der Waals surface area contributed by atoms with Crippen LogP contribution in [0.1, 0.15) is 0 Å². The molecule has 0 bridgehead atoms. The van der Waals surface area contributed by atoms with E-state index in [1.54, 1.807) is 26.6 Å². The summed E-state index contributed by atoms with van der Waals surface area (Å²) in [6, 6.07) is 5.74. The summed E-state index contributed by atoms with van der Waals surface area (Å²) < 4.78 is 10.4. The van der Waals surface area contributed by atoms with Gasteiger partial charge in [0.2, 0.25) is 0 Å². The zero-order valence-electron chi connectivity index (χ0n) is 8.15. The molecule has 1 aromatic carbocycles. The highest BCUT2D eigenvalue weighted by molar-refractivity contribution is 5.88. The van der Waals surface area contributed by atoms with Gasteiger partial charge in [-0.15, -0.1) is 0 Å². The third-order valence-electron chi connectivity index (χ3n) is 2.15. The Labute approximate surface area is 82.3 Å². The second-order valence-corrected chi connectivity index (χ2v) is 2.93. The lowest BCUT2D eigenvalue weighted by molar-refractivity contribution is 0.398. The predicted octanol–water partition coefficient (Wildman–Crippen LogP) is 2.25. The Hall–Kier alpha value is -1.77. The number of pyridine rings is 1. The molecule has 0 amide bonds. The van der Waals surface area contributed by atoms with Crippen LogP contribution in [-0.2, 0) is 0 Å². The highest BCUT2D eigenvalue weighted by atomic mass is 16.5. The summed E-state index contributed by atoms with van der Waals surface area (Å²) in [5.41, 5.74) is 0. The van der Waals surface area contributed by atoms with Gasteiger partial charge in [-0.3, -0.25) is 4.98 Å². The van der Waals surface area contributed by atoms with Gasteiger partial charge < -0.3 is 9.47 Å².